The lowest BCUT2D eigenvalue weighted by molar-refractivity contribution is -0.140. The minimum atomic E-state index is -1.50. The van der Waals surface area contributed by atoms with Crippen LogP contribution in [-0.4, -0.2) is 54.9 Å². The maximum absolute atomic E-state index is 12.7. The third-order valence-electron chi connectivity index (χ3n) is 5.01. The summed E-state index contributed by atoms with van der Waals surface area (Å²) in [5, 5.41) is 6.81. The van der Waals surface area contributed by atoms with E-state index in [0.717, 1.165) is 11.1 Å². The summed E-state index contributed by atoms with van der Waals surface area (Å²) in [5.74, 6) is 0.892. The summed E-state index contributed by atoms with van der Waals surface area (Å²) in [6.45, 7) is 1.09. The molecule has 0 saturated heterocycles. The van der Waals surface area contributed by atoms with Crippen LogP contribution in [0.1, 0.15) is 5.56 Å². The van der Waals surface area contributed by atoms with Gasteiger partial charge in [-0.05, 0) is 43.9 Å². The summed E-state index contributed by atoms with van der Waals surface area (Å²) < 4.78 is 18.1. The Kier molecular flexibility index (Phi) is 8.38. The van der Waals surface area contributed by atoms with Gasteiger partial charge in [-0.2, -0.15) is 5.10 Å². The summed E-state index contributed by atoms with van der Waals surface area (Å²) in [4.78, 5) is 14.7. The van der Waals surface area contributed by atoms with Gasteiger partial charge in [-0.15, -0.1) is 24.8 Å². The van der Waals surface area contributed by atoms with E-state index >= 15 is 0 Å². The first-order valence-electron chi connectivity index (χ1n) is 9.61. The van der Waals surface area contributed by atoms with E-state index in [4.69, 9.17) is 19.9 Å². The number of nitrogens with zero attached hydrogens (tertiary/aromatic N) is 2. The number of carbonyl (C=O) groups is 1. The molecule has 8 nitrogen and oxygen atoms in total. The van der Waals surface area contributed by atoms with Crippen LogP contribution in [0.25, 0.3) is 11.1 Å². The molecular formula is C22H26Cl2N4O4. The van der Waals surface area contributed by atoms with Gasteiger partial charge < -0.3 is 24.8 Å². The number of hydrogen-bond acceptors (Lipinski definition) is 6. The number of fused-ring (bicyclic) bond motifs is 1. The highest BCUT2D eigenvalue weighted by molar-refractivity contribution is 5.87. The number of rotatable bonds is 7. The second kappa shape index (κ2) is 10.6. The summed E-state index contributed by atoms with van der Waals surface area (Å²) in [6, 6.07) is 12.7. The highest BCUT2D eigenvalue weighted by Crippen LogP contribution is 2.43. The number of para-hydroxylation sites is 2. The summed E-state index contributed by atoms with van der Waals surface area (Å²) >= 11 is 0. The molecule has 32 heavy (non-hydrogen) atoms. The van der Waals surface area contributed by atoms with Gasteiger partial charge in [0.05, 0.1) is 11.8 Å². The Morgan fingerprint density at radius 2 is 1.94 bits per heavy atom. The lowest BCUT2D eigenvalue weighted by Crippen LogP contribution is -2.52. The Bertz CT molecular complexity index is 1050. The number of ether oxygens (including phenoxy) is 3. The van der Waals surface area contributed by atoms with Crippen molar-refractivity contribution in [3.05, 3.63) is 60.4 Å². The van der Waals surface area contributed by atoms with Crippen LogP contribution in [0.2, 0.25) is 0 Å². The fraction of sp³-hybridized carbons (Fsp3) is 0.273. The zero-order valence-electron chi connectivity index (χ0n) is 17.7. The fourth-order valence-electron chi connectivity index (χ4n) is 3.34. The third-order valence-corrected chi connectivity index (χ3v) is 5.01. The normalized spacial score (nSPS) is 16.6. The number of nitrogens with two attached hydrogens (primary N) is 1. The number of carbonyl (C=O) groups excluding carboxylic acids is 1. The number of halogens is 2. The maximum Gasteiger partial charge on any atom is 0.270 e. The van der Waals surface area contributed by atoms with Crippen LogP contribution in [0, 0.1) is 0 Å². The van der Waals surface area contributed by atoms with Crippen LogP contribution in [0.15, 0.2) is 54.9 Å². The van der Waals surface area contributed by atoms with Crippen LogP contribution < -0.4 is 19.9 Å². The van der Waals surface area contributed by atoms with Crippen LogP contribution in [0.4, 0.5) is 0 Å². The van der Waals surface area contributed by atoms with E-state index in [2.05, 4.69) is 10.2 Å². The monoisotopic (exact) mass is 480 g/mol. The molecule has 1 amide bonds. The van der Waals surface area contributed by atoms with Gasteiger partial charge in [-0.1, -0.05) is 18.2 Å². The van der Waals surface area contributed by atoms with E-state index in [9.17, 15) is 4.79 Å². The van der Waals surface area contributed by atoms with Crippen LogP contribution >= 0.6 is 24.8 Å². The number of primary amides is 1. The molecule has 1 atom stereocenters. The maximum atomic E-state index is 12.7. The fourth-order valence-corrected chi connectivity index (χ4v) is 3.34. The van der Waals surface area contributed by atoms with Gasteiger partial charge in [0, 0.05) is 18.3 Å². The minimum absolute atomic E-state index is 0. The Morgan fingerprint density at radius 3 is 2.59 bits per heavy atom. The average Bonchev–Trinajstić information content (AvgIpc) is 3.28. The number of hydrogen-bond donors (Lipinski definition) is 2. The lowest BCUT2D eigenvalue weighted by atomic mass is 9.90. The molecule has 3 aromatic rings. The summed E-state index contributed by atoms with van der Waals surface area (Å²) in [7, 11) is 3.93. The third kappa shape index (κ3) is 4.93. The first kappa shape index (κ1) is 25.3. The Labute approximate surface area is 198 Å². The zero-order valence-corrected chi connectivity index (χ0v) is 19.4. The average molecular weight is 481 g/mol. The molecule has 1 aliphatic heterocycles. The number of aromatic amines is 1. The van der Waals surface area contributed by atoms with Gasteiger partial charge in [0.2, 0.25) is 5.60 Å². The molecule has 1 aliphatic rings. The molecule has 0 spiro atoms. The van der Waals surface area contributed by atoms with Crippen molar-refractivity contribution >= 4 is 30.7 Å². The van der Waals surface area contributed by atoms with E-state index in [-0.39, 0.29) is 31.4 Å². The van der Waals surface area contributed by atoms with Crippen molar-refractivity contribution in [3.8, 4) is 28.4 Å². The second-order valence-corrected chi connectivity index (χ2v) is 7.38. The molecule has 1 aromatic heterocycles. The molecule has 2 heterocycles. The molecule has 0 fully saturated rings. The standard InChI is InChI=1S/C22H24N4O4.2ClH/c1-26(2)9-10-28-20-11-15(16-12-24-25-13-16)7-8-17(20)22(21(23)27)14-29-18-5-3-4-6-19(18)30-22;;/h3-8,11-13H,9-10,14H2,1-2H3,(H2,23,27)(H,24,25);2*1H. The van der Waals surface area contributed by atoms with Crippen molar-refractivity contribution in [3.63, 3.8) is 0 Å². The molecule has 172 valence electrons. The predicted molar refractivity (Wildman–Crippen MR) is 126 cm³/mol. The van der Waals surface area contributed by atoms with Gasteiger partial charge in [0.25, 0.3) is 5.91 Å². The number of amides is 1. The minimum Gasteiger partial charge on any atom is -0.492 e. The van der Waals surface area contributed by atoms with Gasteiger partial charge in [0.1, 0.15) is 19.0 Å². The van der Waals surface area contributed by atoms with Gasteiger partial charge in [-0.25, -0.2) is 0 Å². The number of H-pyrrole nitrogens is 1. The molecule has 4 rings (SSSR count). The number of nitrogens with one attached hydrogen (secondary N) is 1. The molecule has 0 bridgehead atoms. The Hall–Kier alpha value is -2.94. The topological polar surface area (TPSA) is 103 Å². The Morgan fingerprint density at radius 1 is 1.19 bits per heavy atom. The van der Waals surface area contributed by atoms with Gasteiger partial charge >= 0.3 is 0 Å². The first-order chi connectivity index (χ1) is 14.5. The van der Waals surface area contributed by atoms with Crippen molar-refractivity contribution in [1.29, 1.82) is 0 Å². The smallest absolute Gasteiger partial charge is 0.270 e. The van der Waals surface area contributed by atoms with Crippen LogP contribution in [-0.2, 0) is 10.4 Å². The number of likely N-dealkylation sites (N-methyl/N-ethyl adjacent to an activating group) is 1. The summed E-state index contributed by atoms with van der Waals surface area (Å²) in [6.07, 6.45) is 3.51. The molecule has 2 aromatic carbocycles. The van der Waals surface area contributed by atoms with Crippen molar-refractivity contribution in [1.82, 2.24) is 15.1 Å². The second-order valence-electron chi connectivity index (χ2n) is 7.38. The van der Waals surface area contributed by atoms with E-state index < -0.39 is 11.5 Å². The predicted octanol–water partition coefficient (Wildman–Crippen LogP) is 3.01. The molecule has 10 heteroatoms. The van der Waals surface area contributed by atoms with Crippen molar-refractivity contribution in [2.24, 2.45) is 5.73 Å². The van der Waals surface area contributed by atoms with E-state index in [1.807, 2.05) is 43.3 Å². The molecule has 3 N–H and O–H groups in total. The van der Waals surface area contributed by atoms with Gasteiger partial charge in [0.15, 0.2) is 11.5 Å². The van der Waals surface area contributed by atoms with E-state index in [1.54, 1.807) is 30.6 Å². The highest BCUT2D eigenvalue weighted by atomic mass is 35.5. The van der Waals surface area contributed by atoms with Crippen LogP contribution in [0.3, 0.4) is 0 Å². The first-order valence-corrected chi connectivity index (χ1v) is 9.61. The van der Waals surface area contributed by atoms with Crippen molar-refractivity contribution in [2.75, 3.05) is 33.9 Å². The highest BCUT2D eigenvalue weighted by Gasteiger charge is 2.47. The molecular weight excluding hydrogens is 455 g/mol. The van der Waals surface area contributed by atoms with Crippen LogP contribution in [0.5, 0.6) is 17.2 Å². The molecule has 0 saturated carbocycles. The molecule has 1 unspecified atom stereocenters. The number of aromatic nitrogens is 2. The molecule has 0 radical (unpaired) electrons. The summed E-state index contributed by atoms with van der Waals surface area (Å²) in [5.41, 5.74) is 6.66. The largest absolute Gasteiger partial charge is 0.492 e. The van der Waals surface area contributed by atoms with E-state index in [1.165, 1.54) is 0 Å². The quantitative estimate of drug-likeness (QED) is 0.538. The van der Waals surface area contributed by atoms with Crippen molar-refractivity contribution < 1.29 is 19.0 Å². The lowest BCUT2D eigenvalue weighted by Gasteiger charge is -2.37. The van der Waals surface area contributed by atoms with E-state index in [0.29, 0.717) is 36.0 Å². The zero-order chi connectivity index (χ0) is 21.1. The SMILES string of the molecule is CN(C)CCOc1cc(-c2cn[nH]c2)ccc1C1(C(N)=O)COc2ccccc2O1.Cl.Cl. The molecule has 0 aliphatic carbocycles. The van der Waals surface area contributed by atoms with Crippen molar-refractivity contribution in [2.45, 2.75) is 5.60 Å². The number of benzene rings is 2. The Balaban J connectivity index is 0.00000181. The van der Waals surface area contributed by atoms with Gasteiger partial charge in [-0.3, -0.25) is 9.89 Å².